The summed E-state index contributed by atoms with van der Waals surface area (Å²) in [5.74, 6) is 1.82. The molecule has 5 aliphatic rings. The largest absolute Gasteiger partial charge is 0.336 e. The molecule has 3 nitrogen and oxygen atoms in total. The summed E-state index contributed by atoms with van der Waals surface area (Å²) in [5.41, 5.74) is 1.43. The average molecular weight is 288 g/mol. The normalized spacial score (nSPS) is 41.1. The summed E-state index contributed by atoms with van der Waals surface area (Å²) in [6.45, 7) is 4.53. The minimum Gasteiger partial charge on any atom is -0.336 e. The maximum atomic E-state index is 12.8. The summed E-state index contributed by atoms with van der Waals surface area (Å²) in [6.07, 6.45) is 12.4. The number of carbonyl (C=O) groups excluding carboxylic acids is 1. The van der Waals surface area contributed by atoms with Crippen LogP contribution < -0.4 is 0 Å². The highest BCUT2D eigenvalue weighted by molar-refractivity contribution is 5.89. The molecule has 4 saturated heterocycles. The van der Waals surface area contributed by atoms with Crippen LogP contribution in [0.25, 0.3) is 0 Å². The molecule has 4 heterocycles. The van der Waals surface area contributed by atoms with Crippen LogP contribution in [0.4, 0.5) is 0 Å². The Morgan fingerprint density at radius 1 is 0.952 bits per heavy atom. The summed E-state index contributed by atoms with van der Waals surface area (Å²) in [6, 6.07) is 0.554. The molecule has 5 rings (SSSR count). The Hall–Kier alpha value is -0.830. The molecule has 0 spiro atoms. The molecule has 0 N–H and O–H groups in total. The number of hydrogen-bond donors (Lipinski definition) is 0. The van der Waals surface area contributed by atoms with Gasteiger partial charge in [0.05, 0.1) is 0 Å². The molecule has 2 bridgehead atoms. The SMILES string of the molecule is O=C(/C=C1/CN2CCC1CC2)N1CCC[C@H]2CCCC[C@H]21. The zero-order valence-electron chi connectivity index (χ0n) is 13.1. The molecule has 1 amide bonds. The van der Waals surface area contributed by atoms with Crippen LogP contribution in [0.15, 0.2) is 11.6 Å². The van der Waals surface area contributed by atoms with Gasteiger partial charge in [0, 0.05) is 25.2 Å². The van der Waals surface area contributed by atoms with Crippen molar-refractivity contribution in [1.29, 1.82) is 0 Å². The lowest BCUT2D eigenvalue weighted by molar-refractivity contribution is -0.132. The van der Waals surface area contributed by atoms with E-state index < -0.39 is 0 Å². The minimum absolute atomic E-state index is 0.329. The molecule has 0 unspecified atom stereocenters. The molecule has 4 aliphatic heterocycles. The molecule has 21 heavy (non-hydrogen) atoms. The van der Waals surface area contributed by atoms with Crippen molar-refractivity contribution < 1.29 is 4.79 Å². The maximum Gasteiger partial charge on any atom is 0.246 e. The lowest BCUT2D eigenvalue weighted by Gasteiger charge is -2.44. The predicted octanol–water partition coefficient (Wildman–Crippen LogP) is 2.82. The second-order valence-electron chi connectivity index (χ2n) is 7.56. The van der Waals surface area contributed by atoms with Crippen LogP contribution in [0.1, 0.15) is 51.4 Å². The van der Waals surface area contributed by atoms with E-state index in [1.54, 1.807) is 0 Å². The standard InChI is InChI=1S/C18H28N2O/c21-18(12-16-13-19-10-7-14(16)8-11-19)20-9-3-5-15-4-1-2-6-17(15)20/h12,14-15,17H,1-11,13H2/b16-12-/t15-,17-/m1/s1. The van der Waals surface area contributed by atoms with Crippen molar-refractivity contribution in [2.24, 2.45) is 11.8 Å². The zero-order chi connectivity index (χ0) is 14.2. The van der Waals surface area contributed by atoms with E-state index in [1.165, 1.54) is 70.0 Å². The molecule has 2 atom stereocenters. The van der Waals surface area contributed by atoms with Gasteiger partial charge in [0.15, 0.2) is 0 Å². The summed E-state index contributed by atoms with van der Waals surface area (Å²) < 4.78 is 0. The van der Waals surface area contributed by atoms with Gasteiger partial charge in [-0.25, -0.2) is 0 Å². The Balaban J connectivity index is 1.48. The topological polar surface area (TPSA) is 23.6 Å². The number of hydrogen-bond acceptors (Lipinski definition) is 2. The summed E-state index contributed by atoms with van der Waals surface area (Å²) in [7, 11) is 0. The van der Waals surface area contributed by atoms with Gasteiger partial charge in [-0.1, -0.05) is 12.8 Å². The number of nitrogens with zero attached hydrogens (tertiary/aromatic N) is 2. The lowest BCUT2D eigenvalue weighted by Crippen LogP contribution is -2.49. The van der Waals surface area contributed by atoms with Crippen molar-refractivity contribution in [3.8, 4) is 0 Å². The predicted molar refractivity (Wildman–Crippen MR) is 83.9 cm³/mol. The van der Waals surface area contributed by atoms with Gasteiger partial charge in [-0.2, -0.15) is 0 Å². The first-order chi connectivity index (χ1) is 10.3. The van der Waals surface area contributed by atoms with Gasteiger partial charge in [-0.05, 0) is 69.0 Å². The Labute approximate surface area is 128 Å². The van der Waals surface area contributed by atoms with E-state index in [4.69, 9.17) is 0 Å². The van der Waals surface area contributed by atoms with Crippen molar-refractivity contribution in [2.75, 3.05) is 26.2 Å². The first-order valence-electron chi connectivity index (χ1n) is 9.04. The molecule has 5 fully saturated rings. The van der Waals surface area contributed by atoms with E-state index in [-0.39, 0.29) is 0 Å². The van der Waals surface area contributed by atoms with E-state index in [1.807, 2.05) is 6.08 Å². The van der Waals surface area contributed by atoms with E-state index in [9.17, 15) is 4.79 Å². The van der Waals surface area contributed by atoms with E-state index in [2.05, 4.69) is 9.80 Å². The lowest BCUT2D eigenvalue weighted by atomic mass is 9.78. The Kier molecular flexibility index (Phi) is 3.78. The van der Waals surface area contributed by atoms with Crippen LogP contribution >= 0.6 is 0 Å². The number of piperidine rings is 4. The van der Waals surface area contributed by atoms with Gasteiger partial charge in [-0.3, -0.25) is 9.69 Å². The summed E-state index contributed by atoms with van der Waals surface area (Å²) in [4.78, 5) is 17.6. The van der Waals surface area contributed by atoms with Gasteiger partial charge >= 0.3 is 0 Å². The average Bonchev–Trinajstić information content (AvgIpc) is 2.55. The second kappa shape index (κ2) is 5.75. The highest BCUT2D eigenvalue weighted by Gasteiger charge is 2.36. The van der Waals surface area contributed by atoms with Crippen LogP contribution in [0.3, 0.4) is 0 Å². The molecule has 0 aromatic carbocycles. The van der Waals surface area contributed by atoms with Crippen LogP contribution in [0.5, 0.6) is 0 Å². The fourth-order valence-corrected chi connectivity index (χ4v) is 5.15. The van der Waals surface area contributed by atoms with Gasteiger partial charge in [0.2, 0.25) is 5.91 Å². The zero-order valence-corrected chi connectivity index (χ0v) is 13.1. The van der Waals surface area contributed by atoms with Crippen molar-refractivity contribution in [3.63, 3.8) is 0 Å². The third kappa shape index (κ3) is 2.65. The van der Waals surface area contributed by atoms with E-state index in [0.717, 1.165) is 19.0 Å². The van der Waals surface area contributed by atoms with Crippen molar-refractivity contribution >= 4 is 5.91 Å². The smallest absolute Gasteiger partial charge is 0.246 e. The monoisotopic (exact) mass is 288 g/mol. The van der Waals surface area contributed by atoms with Gasteiger partial charge in [0.25, 0.3) is 0 Å². The third-order valence-corrected chi connectivity index (χ3v) is 6.35. The summed E-state index contributed by atoms with van der Waals surface area (Å²) in [5, 5.41) is 0. The minimum atomic E-state index is 0.329. The maximum absolute atomic E-state index is 12.8. The van der Waals surface area contributed by atoms with Gasteiger partial charge < -0.3 is 4.90 Å². The van der Waals surface area contributed by atoms with Crippen LogP contribution in [-0.4, -0.2) is 47.9 Å². The number of carbonyl (C=O) groups is 1. The molecular weight excluding hydrogens is 260 g/mol. The molecule has 3 heteroatoms. The first-order valence-corrected chi connectivity index (χ1v) is 9.04. The van der Waals surface area contributed by atoms with E-state index in [0.29, 0.717) is 17.9 Å². The molecule has 0 aromatic rings. The summed E-state index contributed by atoms with van der Waals surface area (Å²) >= 11 is 0. The molecule has 116 valence electrons. The van der Waals surface area contributed by atoms with Crippen molar-refractivity contribution in [3.05, 3.63) is 11.6 Å². The first kappa shape index (κ1) is 13.8. The van der Waals surface area contributed by atoms with E-state index >= 15 is 0 Å². The van der Waals surface area contributed by atoms with Gasteiger partial charge in [0.1, 0.15) is 0 Å². The fourth-order valence-electron chi connectivity index (χ4n) is 5.15. The molecular formula is C18H28N2O. The number of rotatable bonds is 1. The van der Waals surface area contributed by atoms with Crippen molar-refractivity contribution in [2.45, 2.75) is 57.4 Å². The Morgan fingerprint density at radius 3 is 2.48 bits per heavy atom. The molecule has 0 radical (unpaired) electrons. The number of likely N-dealkylation sites (tertiary alicyclic amines) is 1. The molecule has 1 aliphatic carbocycles. The van der Waals surface area contributed by atoms with Crippen LogP contribution in [-0.2, 0) is 4.79 Å². The number of fused-ring (bicyclic) bond motifs is 4. The molecule has 1 saturated carbocycles. The number of amides is 1. The van der Waals surface area contributed by atoms with Crippen LogP contribution in [0, 0.1) is 11.8 Å². The third-order valence-electron chi connectivity index (χ3n) is 6.35. The highest BCUT2D eigenvalue weighted by atomic mass is 16.2. The molecule has 0 aromatic heterocycles. The van der Waals surface area contributed by atoms with Crippen molar-refractivity contribution in [1.82, 2.24) is 9.80 Å². The Bertz CT molecular complexity index is 434. The van der Waals surface area contributed by atoms with Gasteiger partial charge in [-0.15, -0.1) is 0 Å². The fraction of sp³-hybridized carbons (Fsp3) is 0.833. The van der Waals surface area contributed by atoms with Crippen LogP contribution in [0.2, 0.25) is 0 Å². The quantitative estimate of drug-likeness (QED) is 0.693. The highest BCUT2D eigenvalue weighted by Crippen LogP contribution is 2.36. The second-order valence-corrected chi connectivity index (χ2v) is 7.56. The Morgan fingerprint density at radius 2 is 1.71 bits per heavy atom.